The molecule has 1 aromatic carbocycles. The van der Waals surface area contributed by atoms with Crippen molar-refractivity contribution in [2.24, 2.45) is 0 Å². The van der Waals surface area contributed by atoms with Gasteiger partial charge in [-0.15, -0.1) is 0 Å². The summed E-state index contributed by atoms with van der Waals surface area (Å²) in [4.78, 5) is 23.8. The maximum atomic E-state index is 11.9. The van der Waals surface area contributed by atoms with Crippen molar-refractivity contribution in [1.82, 2.24) is 7.96 Å². The number of nitrogens with zero attached hydrogens (tertiary/aromatic N) is 2. The van der Waals surface area contributed by atoms with Crippen LogP contribution in [0.2, 0.25) is 0 Å². The van der Waals surface area contributed by atoms with Crippen LogP contribution in [-0.4, -0.2) is 34.5 Å². The summed E-state index contributed by atoms with van der Waals surface area (Å²) in [6.07, 6.45) is 0. The number of fused-ring (bicyclic) bond motifs is 2. The van der Waals surface area contributed by atoms with Gasteiger partial charge in [-0.05, 0) is 0 Å². The quantitative estimate of drug-likeness (QED) is 0.548. The Hall–Kier alpha value is -1.58. The third kappa shape index (κ3) is 1.07. The molecule has 0 N–H and O–H groups in total. The van der Waals surface area contributed by atoms with Crippen molar-refractivity contribution in [2.75, 3.05) is 0 Å². The molecule has 0 aliphatic heterocycles. The second kappa shape index (κ2) is 2.95. The summed E-state index contributed by atoms with van der Waals surface area (Å²) in [7, 11) is 0. The van der Waals surface area contributed by atoms with Crippen LogP contribution in [0.15, 0.2) is 24.3 Å². The summed E-state index contributed by atoms with van der Waals surface area (Å²) in [5, 5.41) is 0. The summed E-state index contributed by atoms with van der Waals surface area (Å²) in [6.45, 7) is 0. The molecule has 2 aromatic rings. The molecule has 5 heteroatoms. The van der Waals surface area contributed by atoms with Crippen LogP contribution in [0.3, 0.4) is 0 Å². The Morgan fingerprint density at radius 3 is 1.80 bits per heavy atom. The number of aromatic nitrogens is 2. The molecular formula is C10H4N2O2Se. The molecule has 0 atom stereocenters. The summed E-state index contributed by atoms with van der Waals surface area (Å²) in [5.41, 5.74) is 1.38. The zero-order valence-electron chi connectivity index (χ0n) is 7.43. The third-order valence-electron chi connectivity index (χ3n) is 2.33. The van der Waals surface area contributed by atoms with Crippen LogP contribution >= 0.6 is 0 Å². The van der Waals surface area contributed by atoms with Crippen LogP contribution in [-0.2, 0) is 0 Å². The standard InChI is InChI=1S/C10H4N2O2Se/c13-9-5-3-1-2-4-6(5)10(14)8-7(9)11-15-12-8/h1-4H. The minimum atomic E-state index is -0.335. The van der Waals surface area contributed by atoms with Gasteiger partial charge in [-0.3, -0.25) is 0 Å². The van der Waals surface area contributed by atoms with E-state index in [2.05, 4.69) is 7.96 Å². The Morgan fingerprint density at radius 1 is 0.867 bits per heavy atom. The van der Waals surface area contributed by atoms with Gasteiger partial charge in [-0.1, -0.05) is 0 Å². The van der Waals surface area contributed by atoms with E-state index in [1.165, 1.54) is 0 Å². The molecule has 0 saturated carbocycles. The second-order valence-corrected chi connectivity index (χ2v) is 4.27. The van der Waals surface area contributed by atoms with Gasteiger partial charge in [0.1, 0.15) is 0 Å². The average Bonchev–Trinajstić information content (AvgIpc) is 2.75. The van der Waals surface area contributed by atoms with Crippen molar-refractivity contribution in [3.8, 4) is 0 Å². The molecule has 1 aliphatic carbocycles. The van der Waals surface area contributed by atoms with E-state index < -0.39 is 0 Å². The average molecular weight is 263 g/mol. The molecular weight excluding hydrogens is 259 g/mol. The molecule has 72 valence electrons. The number of hydrogen-bond donors (Lipinski definition) is 0. The van der Waals surface area contributed by atoms with Crippen molar-refractivity contribution in [2.45, 2.75) is 0 Å². The van der Waals surface area contributed by atoms with Crippen molar-refractivity contribution in [1.29, 1.82) is 0 Å². The Bertz CT molecular complexity index is 539. The van der Waals surface area contributed by atoms with Crippen molar-refractivity contribution < 1.29 is 9.59 Å². The summed E-state index contributed by atoms with van der Waals surface area (Å²) in [5.74, 6) is -0.355. The van der Waals surface area contributed by atoms with E-state index in [0.717, 1.165) is 0 Å². The van der Waals surface area contributed by atoms with Crippen LogP contribution in [0, 0.1) is 0 Å². The number of benzene rings is 1. The van der Waals surface area contributed by atoms with E-state index in [0.29, 0.717) is 11.1 Å². The summed E-state index contributed by atoms with van der Waals surface area (Å²) in [6, 6.07) is 6.79. The summed E-state index contributed by atoms with van der Waals surface area (Å²) < 4.78 is 7.99. The topological polar surface area (TPSA) is 59.9 Å². The van der Waals surface area contributed by atoms with E-state index in [4.69, 9.17) is 0 Å². The summed E-state index contributed by atoms with van der Waals surface area (Å²) >= 11 is -0.335. The maximum absolute atomic E-state index is 11.9. The fraction of sp³-hybridized carbons (Fsp3) is 0. The number of hydrogen-bond acceptors (Lipinski definition) is 4. The number of rotatable bonds is 0. The Balaban J connectivity index is 2.36. The fourth-order valence-electron chi connectivity index (χ4n) is 1.62. The molecule has 0 saturated heterocycles. The zero-order valence-corrected chi connectivity index (χ0v) is 9.14. The first-order valence-corrected chi connectivity index (χ1v) is 5.83. The van der Waals surface area contributed by atoms with Crippen molar-refractivity contribution in [3.63, 3.8) is 0 Å². The number of carbonyl (C=O) groups is 2. The second-order valence-electron chi connectivity index (χ2n) is 3.17. The Kier molecular flexibility index (Phi) is 1.71. The van der Waals surface area contributed by atoms with Crippen LogP contribution in [0.25, 0.3) is 0 Å². The molecule has 0 bridgehead atoms. The normalized spacial score (nSPS) is 13.6. The monoisotopic (exact) mass is 264 g/mol. The Morgan fingerprint density at radius 2 is 1.33 bits per heavy atom. The fourth-order valence-corrected chi connectivity index (χ4v) is 2.76. The first-order valence-electron chi connectivity index (χ1n) is 4.30. The SMILES string of the molecule is O=C1c2ccccc2C(=O)c2n[se]nc21. The number of carbonyl (C=O) groups excluding carboxylic acids is 2. The van der Waals surface area contributed by atoms with Gasteiger partial charge in [-0.25, -0.2) is 0 Å². The van der Waals surface area contributed by atoms with Gasteiger partial charge in [0.25, 0.3) is 0 Å². The van der Waals surface area contributed by atoms with E-state index in [1.54, 1.807) is 24.3 Å². The van der Waals surface area contributed by atoms with Crippen LogP contribution in [0.4, 0.5) is 0 Å². The molecule has 0 amide bonds. The van der Waals surface area contributed by atoms with Gasteiger partial charge >= 0.3 is 90.9 Å². The molecule has 0 spiro atoms. The van der Waals surface area contributed by atoms with Crippen molar-refractivity contribution in [3.05, 3.63) is 46.8 Å². The molecule has 1 heterocycles. The molecule has 4 nitrogen and oxygen atoms in total. The van der Waals surface area contributed by atoms with E-state index >= 15 is 0 Å². The number of ketones is 2. The Labute approximate surface area is 91.2 Å². The van der Waals surface area contributed by atoms with Crippen LogP contribution in [0.5, 0.6) is 0 Å². The van der Waals surface area contributed by atoms with Gasteiger partial charge in [0.2, 0.25) is 0 Å². The van der Waals surface area contributed by atoms with Crippen LogP contribution in [0.1, 0.15) is 32.1 Å². The van der Waals surface area contributed by atoms with E-state index in [9.17, 15) is 9.59 Å². The molecule has 1 aromatic heterocycles. The molecule has 3 rings (SSSR count). The zero-order chi connectivity index (χ0) is 10.4. The van der Waals surface area contributed by atoms with Gasteiger partial charge in [0, 0.05) is 0 Å². The molecule has 0 fully saturated rings. The van der Waals surface area contributed by atoms with E-state index in [-0.39, 0.29) is 37.9 Å². The van der Waals surface area contributed by atoms with Gasteiger partial charge in [0.05, 0.1) is 0 Å². The predicted molar refractivity (Wildman–Crippen MR) is 52.3 cm³/mol. The third-order valence-corrected chi connectivity index (χ3v) is 3.44. The molecule has 1 aliphatic rings. The predicted octanol–water partition coefficient (Wildman–Crippen LogP) is 0.309. The minimum absolute atomic E-state index is 0.177. The van der Waals surface area contributed by atoms with E-state index in [1.807, 2.05) is 0 Å². The van der Waals surface area contributed by atoms with Gasteiger partial charge in [0.15, 0.2) is 0 Å². The molecule has 0 unspecified atom stereocenters. The molecule has 15 heavy (non-hydrogen) atoms. The first-order chi connectivity index (χ1) is 7.29. The molecule has 0 radical (unpaired) electrons. The van der Waals surface area contributed by atoms with Gasteiger partial charge < -0.3 is 0 Å². The van der Waals surface area contributed by atoms with Crippen molar-refractivity contribution >= 4 is 26.5 Å². The van der Waals surface area contributed by atoms with Crippen LogP contribution < -0.4 is 0 Å². The van der Waals surface area contributed by atoms with Gasteiger partial charge in [-0.2, -0.15) is 0 Å². The first kappa shape index (κ1) is 8.71.